The number of carboxylic acids is 1. The van der Waals surface area contributed by atoms with E-state index in [1.165, 1.54) is 17.0 Å². The van der Waals surface area contributed by atoms with E-state index < -0.39 is 17.9 Å². The number of ketones is 1. The molecule has 7 nitrogen and oxygen atoms in total. The van der Waals surface area contributed by atoms with Crippen molar-refractivity contribution in [2.45, 2.75) is 37.6 Å². The van der Waals surface area contributed by atoms with E-state index >= 15 is 0 Å². The number of Topliss-reactive ketones (excluding diaryl/α,β-unsaturated/α-hetero) is 1. The van der Waals surface area contributed by atoms with Crippen molar-refractivity contribution < 1.29 is 23.9 Å². The Balaban J connectivity index is 1.66. The first kappa shape index (κ1) is 23.4. The molecule has 2 aliphatic rings. The molecule has 5 rings (SSSR count). The van der Waals surface area contributed by atoms with Gasteiger partial charge in [-0.05, 0) is 53.8 Å². The van der Waals surface area contributed by atoms with Crippen molar-refractivity contribution in [2.75, 3.05) is 10.2 Å². The maximum Gasteiger partial charge on any atom is 0.303 e. The first-order valence-electron chi connectivity index (χ1n) is 11.7. The summed E-state index contributed by atoms with van der Waals surface area (Å²) in [6.07, 6.45) is 3.41. The van der Waals surface area contributed by atoms with E-state index in [0.717, 1.165) is 5.56 Å². The van der Waals surface area contributed by atoms with Crippen LogP contribution in [0.25, 0.3) is 0 Å². The molecule has 0 saturated carbocycles. The van der Waals surface area contributed by atoms with Crippen LogP contribution in [0.5, 0.6) is 0 Å². The van der Waals surface area contributed by atoms with E-state index in [0.29, 0.717) is 34.6 Å². The molecular weight excluding hydrogens is 461 g/mol. The largest absolute Gasteiger partial charge is 0.481 e. The highest BCUT2D eigenvalue weighted by atomic mass is 19.1. The Morgan fingerprint density at radius 3 is 2.50 bits per heavy atom. The lowest BCUT2D eigenvalue weighted by atomic mass is 9.78. The van der Waals surface area contributed by atoms with Crippen molar-refractivity contribution in [1.29, 1.82) is 0 Å². The zero-order valence-electron chi connectivity index (χ0n) is 19.4. The smallest absolute Gasteiger partial charge is 0.303 e. The van der Waals surface area contributed by atoms with Crippen molar-refractivity contribution in [3.63, 3.8) is 0 Å². The molecule has 1 amide bonds. The fourth-order valence-corrected chi connectivity index (χ4v) is 5.02. The summed E-state index contributed by atoms with van der Waals surface area (Å²) in [7, 11) is 0. The van der Waals surface area contributed by atoms with E-state index in [4.69, 9.17) is 0 Å². The number of carbonyl (C=O) groups is 3. The third-order valence-corrected chi connectivity index (χ3v) is 6.65. The summed E-state index contributed by atoms with van der Waals surface area (Å²) in [6.45, 7) is 0. The fraction of sp³-hybridized carbons (Fsp3) is 0.214. The molecule has 2 N–H and O–H groups in total. The van der Waals surface area contributed by atoms with Crippen LogP contribution < -0.4 is 10.2 Å². The lowest BCUT2D eigenvalue weighted by Crippen LogP contribution is -2.38. The molecule has 36 heavy (non-hydrogen) atoms. The number of benzene rings is 2. The highest BCUT2D eigenvalue weighted by molar-refractivity contribution is 6.06. The van der Waals surface area contributed by atoms with Crippen molar-refractivity contribution >= 4 is 29.0 Å². The Morgan fingerprint density at radius 2 is 1.78 bits per heavy atom. The van der Waals surface area contributed by atoms with Gasteiger partial charge in [0.25, 0.3) is 0 Å². The molecule has 0 radical (unpaired) electrons. The van der Waals surface area contributed by atoms with Gasteiger partial charge in [-0.1, -0.05) is 30.3 Å². The zero-order valence-corrected chi connectivity index (χ0v) is 19.4. The minimum Gasteiger partial charge on any atom is -0.481 e. The minimum absolute atomic E-state index is 0.129. The molecule has 2 aromatic carbocycles. The van der Waals surface area contributed by atoms with Gasteiger partial charge in [0.2, 0.25) is 5.91 Å². The number of nitrogens with zero attached hydrogens (tertiary/aromatic N) is 2. The number of hydrogen-bond acceptors (Lipinski definition) is 5. The Labute approximate surface area is 207 Å². The lowest BCUT2D eigenvalue weighted by Gasteiger charge is -2.35. The summed E-state index contributed by atoms with van der Waals surface area (Å²) in [5.41, 5.74) is 3.87. The van der Waals surface area contributed by atoms with E-state index in [-0.39, 0.29) is 36.8 Å². The summed E-state index contributed by atoms with van der Waals surface area (Å²) < 4.78 is 13.5. The highest BCUT2D eigenvalue weighted by Gasteiger charge is 2.41. The second kappa shape index (κ2) is 9.73. The van der Waals surface area contributed by atoms with Crippen LogP contribution in [0.2, 0.25) is 0 Å². The van der Waals surface area contributed by atoms with Crippen molar-refractivity contribution in [1.82, 2.24) is 4.98 Å². The standard InChI is InChI=1S/C28H24FN3O4/c29-20-9-7-17(8-10-20)19-14-22-27(24(33)15-19)28(18-4-3-13-30-16-18)32(25(34)11-12-26(35)36)23-6-2-1-5-21(23)31-22/h1-10,13,16,19,28,31H,11-12,14-15H2,(H,35,36)/t19-,28-/m1/s1. The number of nitrogens with one attached hydrogen (secondary N) is 1. The molecule has 2 heterocycles. The van der Waals surface area contributed by atoms with Crippen LogP contribution in [-0.2, 0) is 14.4 Å². The number of anilines is 2. The minimum atomic E-state index is -1.07. The molecule has 1 aromatic heterocycles. The number of halogens is 1. The van der Waals surface area contributed by atoms with Crippen molar-refractivity contribution in [3.05, 3.63) is 101 Å². The van der Waals surface area contributed by atoms with Gasteiger partial charge in [0, 0.05) is 36.5 Å². The van der Waals surface area contributed by atoms with E-state index in [1.807, 2.05) is 18.2 Å². The summed E-state index contributed by atoms with van der Waals surface area (Å²) >= 11 is 0. The number of carboxylic acid groups (broad SMARTS) is 1. The average Bonchev–Trinajstić information content (AvgIpc) is 3.03. The van der Waals surface area contributed by atoms with Crippen LogP contribution in [0.4, 0.5) is 15.8 Å². The van der Waals surface area contributed by atoms with Crippen LogP contribution in [0.3, 0.4) is 0 Å². The van der Waals surface area contributed by atoms with Crippen molar-refractivity contribution in [3.8, 4) is 0 Å². The van der Waals surface area contributed by atoms with Crippen LogP contribution in [0.15, 0.2) is 84.3 Å². The Morgan fingerprint density at radius 1 is 1.00 bits per heavy atom. The van der Waals surface area contributed by atoms with E-state index in [1.54, 1.807) is 42.7 Å². The van der Waals surface area contributed by atoms with Gasteiger partial charge in [-0.3, -0.25) is 24.3 Å². The zero-order chi connectivity index (χ0) is 25.2. The van der Waals surface area contributed by atoms with Crippen LogP contribution in [-0.4, -0.2) is 27.8 Å². The number of fused-ring (bicyclic) bond motifs is 1. The van der Waals surface area contributed by atoms with Gasteiger partial charge in [-0.2, -0.15) is 0 Å². The van der Waals surface area contributed by atoms with Gasteiger partial charge >= 0.3 is 5.97 Å². The maximum atomic E-state index is 13.8. The molecule has 1 aliphatic carbocycles. The molecule has 0 spiro atoms. The monoisotopic (exact) mass is 485 g/mol. The molecule has 8 heteroatoms. The fourth-order valence-electron chi connectivity index (χ4n) is 5.02. The third-order valence-electron chi connectivity index (χ3n) is 6.65. The predicted molar refractivity (Wildman–Crippen MR) is 132 cm³/mol. The number of carbonyl (C=O) groups excluding carboxylic acids is 2. The topological polar surface area (TPSA) is 99.6 Å². The third kappa shape index (κ3) is 4.49. The maximum absolute atomic E-state index is 13.8. The molecule has 0 saturated heterocycles. The number of hydrogen-bond donors (Lipinski definition) is 2. The summed E-state index contributed by atoms with van der Waals surface area (Å²) in [5, 5.41) is 12.6. The molecule has 0 fully saturated rings. The SMILES string of the molecule is O=C(O)CCC(=O)N1c2ccccc2NC2=C(C(=O)C[C@H](c3ccc(F)cc3)C2)[C@H]1c1cccnc1. The van der Waals surface area contributed by atoms with Gasteiger partial charge < -0.3 is 10.4 Å². The quantitative estimate of drug-likeness (QED) is 0.529. The number of aromatic nitrogens is 1. The Bertz CT molecular complexity index is 1350. The van der Waals surface area contributed by atoms with E-state index in [2.05, 4.69) is 10.3 Å². The molecule has 182 valence electrons. The molecular formula is C28H24FN3O4. The number of aliphatic carboxylic acids is 1. The number of amides is 1. The van der Waals surface area contributed by atoms with Gasteiger partial charge in [0.05, 0.1) is 23.8 Å². The molecule has 2 atom stereocenters. The average molecular weight is 486 g/mol. The molecule has 0 unspecified atom stereocenters. The number of allylic oxidation sites excluding steroid dienone is 1. The second-order valence-electron chi connectivity index (χ2n) is 8.96. The molecule has 0 bridgehead atoms. The summed E-state index contributed by atoms with van der Waals surface area (Å²) in [4.78, 5) is 44.3. The van der Waals surface area contributed by atoms with E-state index in [9.17, 15) is 23.9 Å². The predicted octanol–water partition coefficient (Wildman–Crippen LogP) is 4.99. The first-order valence-corrected chi connectivity index (χ1v) is 11.7. The number of rotatable bonds is 5. The number of pyridine rings is 1. The molecule has 3 aromatic rings. The van der Waals surface area contributed by atoms with Crippen molar-refractivity contribution in [2.24, 2.45) is 0 Å². The Kier molecular flexibility index (Phi) is 6.33. The summed E-state index contributed by atoms with van der Waals surface area (Å²) in [5.74, 6) is -2.09. The summed E-state index contributed by atoms with van der Waals surface area (Å²) in [6, 6.07) is 16.2. The molecule has 1 aliphatic heterocycles. The lowest BCUT2D eigenvalue weighted by molar-refractivity contribution is -0.138. The second-order valence-corrected chi connectivity index (χ2v) is 8.96. The van der Waals surface area contributed by atoms with Gasteiger partial charge in [-0.25, -0.2) is 4.39 Å². The van der Waals surface area contributed by atoms with Crippen LogP contribution in [0.1, 0.15) is 48.8 Å². The highest BCUT2D eigenvalue weighted by Crippen LogP contribution is 2.47. The van der Waals surface area contributed by atoms with Gasteiger partial charge in [0.15, 0.2) is 5.78 Å². The normalized spacial score (nSPS) is 19.1. The Hall–Kier alpha value is -4.33. The van der Waals surface area contributed by atoms with Crippen LogP contribution >= 0.6 is 0 Å². The van der Waals surface area contributed by atoms with Crippen LogP contribution in [0, 0.1) is 5.82 Å². The number of para-hydroxylation sites is 2. The first-order chi connectivity index (χ1) is 17.4. The van der Waals surface area contributed by atoms with Gasteiger partial charge in [0.1, 0.15) is 5.82 Å². The van der Waals surface area contributed by atoms with Gasteiger partial charge in [-0.15, -0.1) is 0 Å².